The van der Waals surface area contributed by atoms with Gasteiger partial charge in [0.05, 0.1) is 29.8 Å². The van der Waals surface area contributed by atoms with E-state index in [0.29, 0.717) is 45.1 Å². The highest BCUT2D eigenvalue weighted by atomic mass is 35.5. The summed E-state index contributed by atoms with van der Waals surface area (Å²) in [5.74, 6) is 0.887. The first-order valence-electron chi connectivity index (χ1n) is 13.6. The summed E-state index contributed by atoms with van der Waals surface area (Å²) in [6.07, 6.45) is 0.856. The van der Waals surface area contributed by atoms with Crippen molar-refractivity contribution in [3.63, 3.8) is 0 Å². The number of likely N-dealkylation sites (tertiary alicyclic amines) is 1. The van der Waals surface area contributed by atoms with E-state index in [0.717, 1.165) is 64.6 Å². The Bertz CT molecular complexity index is 1390. The van der Waals surface area contributed by atoms with Crippen molar-refractivity contribution in [2.75, 3.05) is 56.2 Å². The third-order valence-corrected chi connectivity index (χ3v) is 8.45. The second-order valence-electron chi connectivity index (χ2n) is 10.7. The Hall–Kier alpha value is -3.19. The van der Waals surface area contributed by atoms with Crippen LogP contribution in [-0.4, -0.2) is 79.5 Å². The van der Waals surface area contributed by atoms with E-state index in [1.54, 1.807) is 0 Å². The van der Waals surface area contributed by atoms with Crippen molar-refractivity contribution in [1.82, 2.24) is 20.2 Å². The van der Waals surface area contributed by atoms with Crippen molar-refractivity contribution < 1.29 is 9.13 Å². The molecule has 0 spiro atoms. The fourth-order valence-corrected chi connectivity index (χ4v) is 6.38. The molecule has 0 amide bonds. The molecule has 4 heterocycles. The van der Waals surface area contributed by atoms with Gasteiger partial charge >= 0.3 is 6.01 Å². The molecule has 8 nitrogen and oxygen atoms in total. The summed E-state index contributed by atoms with van der Waals surface area (Å²) in [7, 11) is 1.93. The molecule has 1 aromatic heterocycles. The Morgan fingerprint density at radius 3 is 2.79 bits per heavy atom. The Morgan fingerprint density at radius 2 is 2.00 bits per heavy atom. The molecule has 3 aliphatic heterocycles. The molecule has 0 saturated carbocycles. The number of alkyl halides is 1. The SMILES string of the molecule is CN1C[C@H](F)C[C@H]1COc1nc2c(c(N3CCN[C@@H](CC#N)C3)n1)CCN(c1cccc3cccc(Cl)c13)C2. The molecule has 10 heteroatoms. The lowest BCUT2D eigenvalue weighted by Crippen LogP contribution is -2.51. The third kappa shape index (κ3) is 5.33. The monoisotopic (exact) mass is 549 g/mol. The van der Waals surface area contributed by atoms with Gasteiger partial charge in [-0.1, -0.05) is 35.9 Å². The molecule has 3 atom stereocenters. The number of nitrogens with one attached hydrogen (secondary N) is 1. The van der Waals surface area contributed by atoms with Gasteiger partial charge in [-0.15, -0.1) is 0 Å². The molecule has 0 radical (unpaired) electrons. The smallest absolute Gasteiger partial charge is 0.318 e. The molecule has 6 rings (SSSR count). The lowest BCUT2D eigenvalue weighted by atomic mass is 10.0. The molecule has 3 aliphatic rings. The minimum absolute atomic E-state index is 0.00315. The molecule has 2 aromatic carbocycles. The van der Waals surface area contributed by atoms with Gasteiger partial charge < -0.3 is 19.9 Å². The number of fused-ring (bicyclic) bond motifs is 2. The van der Waals surface area contributed by atoms with Gasteiger partial charge in [0, 0.05) is 61.4 Å². The molecule has 0 aliphatic carbocycles. The van der Waals surface area contributed by atoms with Crippen LogP contribution in [0.25, 0.3) is 10.8 Å². The average molecular weight is 550 g/mol. The molecule has 2 saturated heterocycles. The molecular weight excluding hydrogens is 517 g/mol. The van der Waals surface area contributed by atoms with Gasteiger partial charge in [0.1, 0.15) is 18.6 Å². The van der Waals surface area contributed by atoms with E-state index in [4.69, 9.17) is 26.3 Å². The Balaban J connectivity index is 1.33. The largest absolute Gasteiger partial charge is 0.462 e. The molecule has 1 N–H and O–H groups in total. The standard InChI is InChI=1S/C29H33ClFN7O/c1-36-15-20(31)14-22(36)18-39-29-34-25-17-37(26-7-3-5-19-4-2-6-24(30)27(19)26)12-9-23(25)28(35-29)38-13-11-33-21(16-38)8-10-32/h2-7,20-22,33H,8-9,11-18H2,1H3/t20-,21+,22+/m1/s1. The minimum atomic E-state index is -0.831. The van der Waals surface area contributed by atoms with Crippen molar-refractivity contribution in [2.45, 2.75) is 44.1 Å². The fourth-order valence-electron chi connectivity index (χ4n) is 6.10. The van der Waals surface area contributed by atoms with Gasteiger partial charge in [-0.05, 0) is 37.4 Å². The van der Waals surface area contributed by atoms with Crippen LogP contribution in [0.15, 0.2) is 36.4 Å². The highest BCUT2D eigenvalue weighted by Gasteiger charge is 2.32. The molecule has 0 unspecified atom stereocenters. The van der Waals surface area contributed by atoms with Crippen LogP contribution in [0.3, 0.4) is 0 Å². The minimum Gasteiger partial charge on any atom is -0.462 e. The molecule has 3 aromatic rings. The number of ether oxygens (including phenoxy) is 1. The number of benzene rings is 2. The predicted octanol–water partition coefficient (Wildman–Crippen LogP) is 3.96. The van der Waals surface area contributed by atoms with E-state index < -0.39 is 6.17 Å². The first kappa shape index (κ1) is 26.1. The summed E-state index contributed by atoms with van der Waals surface area (Å²) >= 11 is 6.66. The molecular formula is C29H33ClFN7O. The zero-order valence-corrected chi connectivity index (χ0v) is 22.9. The highest BCUT2D eigenvalue weighted by molar-refractivity contribution is 6.36. The van der Waals surface area contributed by atoms with E-state index in [2.05, 4.69) is 45.5 Å². The Morgan fingerprint density at radius 1 is 1.15 bits per heavy atom. The second-order valence-corrected chi connectivity index (χ2v) is 11.1. The van der Waals surface area contributed by atoms with Gasteiger partial charge in [0.25, 0.3) is 0 Å². The summed E-state index contributed by atoms with van der Waals surface area (Å²) < 4.78 is 20.1. The summed E-state index contributed by atoms with van der Waals surface area (Å²) in [5, 5.41) is 15.6. The third-order valence-electron chi connectivity index (χ3n) is 8.13. The van der Waals surface area contributed by atoms with Crippen LogP contribution >= 0.6 is 11.6 Å². The number of likely N-dealkylation sites (N-methyl/N-ethyl adjacent to an activating group) is 1. The van der Waals surface area contributed by atoms with Crippen molar-refractivity contribution >= 4 is 33.9 Å². The lowest BCUT2D eigenvalue weighted by Gasteiger charge is -2.37. The topological polar surface area (TPSA) is 80.5 Å². The van der Waals surface area contributed by atoms with Crippen LogP contribution in [0.2, 0.25) is 5.02 Å². The van der Waals surface area contributed by atoms with E-state index in [1.807, 2.05) is 24.1 Å². The fraction of sp³-hybridized carbons (Fsp3) is 0.483. The van der Waals surface area contributed by atoms with Crippen LogP contribution in [-0.2, 0) is 13.0 Å². The maximum absolute atomic E-state index is 13.9. The zero-order valence-electron chi connectivity index (χ0n) is 22.1. The van der Waals surface area contributed by atoms with Gasteiger partial charge in [-0.25, -0.2) is 4.39 Å². The van der Waals surface area contributed by atoms with Crippen molar-refractivity contribution in [3.05, 3.63) is 52.7 Å². The number of hydrogen-bond acceptors (Lipinski definition) is 8. The van der Waals surface area contributed by atoms with E-state index in [9.17, 15) is 9.65 Å². The zero-order chi connectivity index (χ0) is 26.9. The van der Waals surface area contributed by atoms with Crippen LogP contribution in [0.1, 0.15) is 24.1 Å². The normalized spacial score (nSPS) is 23.6. The van der Waals surface area contributed by atoms with Crippen molar-refractivity contribution in [3.8, 4) is 12.1 Å². The van der Waals surface area contributed by atoms with Crippen molar-refractivity contribution in [1.29, 1.82) is 5.26 Å². The maximum atomic E-state index is 13.9. The number of aromatic nitrogens is 2. The van der Waals surface area contributed by atoms with Crippen LogP contribution < -0.4 is 19.9 Å². The number of rotatable bonds is 6. The summed E-state index contributed by atoms with van der Waals surface area (Å²) in [6.45, 7) is 4.47. The van der Waals surface area contributed by atoms with Crippen molar-refractivity contribution in [2.24, 2.45) is 0 Å². The Labute approximate surface area is 233 Å². The molecule has 39 heavy (non-hydrogen) atoms. The maximum Gasteiger partial charge on any atom is 0.318 e. The average Bonchev–Trinajstić information content (AvgIpc) is 3.27. The summed E-state index contributed by atoms with van der Waals surface area (Å²) in [4.78, 5) is 16.4. The van der Waals surface area contributed by atoms with Crippen LogP contribution in [0.4, 0.5) is 15.9 Å². The number of nitriles is 1. The van der Waals surface area contributed by atoms with E-state index in [-0.39, 0.29) is 12.1 Å². The number of nitrogens with zero attached hydrogens (tertiary/aromatic N) is 6. The van der Waals surface area contributed by atoms with E-state index >= 15 is 0 Å². The quantitative estimate of drug-likeness (QED) is 0.495. The van der Waals surface area contributed by atoms with Gasteiger partial charge in [0.15, 0.2) is 0 Å². The molecule has 204 valence electrons. The highest BCUT2D eigenvalue weighted by Crippen LogP contribution is 2.37. The van der Waals surface area contributed by atoms with Crippen LogP contribution in [0.5, 0.6) is 6.01 Å². The molecule has 2 fully saturated rings. The Kier molecular flexibility index (Phi) is 7.43. The second kappa shape index (κ2) is 11.1. The number of halogens is 2. The summed E-state index contributed by atoms with van der Waals surface area (Å²) in [5.41, 5.74) is 3.15. The van der Waals surface area contributed by atoms with E-state index in [1.165, 1.54) is 0 Å². The van der Waals surface area contributed by atoms with Crippen LogP contribution in [0, 0.1) is 11.3 Å². The van der Waals surface area contributed by atoms with Gasteiger partial charge in [-0.3, -0.25) is 4.90 Å². The number of anilines is 2. The lowest BCUT2D eigenvalue weighted by molar-refractivity contribution is 0.187. The first-order chi connectivity index (χ1) is 19.0. The van der Waals surface area contributed by atoms with Gasteiger partial charge in [-0.2, -0.15) is 15.2 Å². The summed E-state index contributed by atoms with van der Waals surface area (Å²) in [6, 6.07) is 15.0. The molecule has 0 bridgehead atoms. The van der Waals surface area contributed by atoms with Gasteiger partial charge in [0.2, 0.25) is 0 Å². The predicted molar refractivity (Wildman–Crippen MR) is 151 cm³/mol. The number of hydrogen-bond donors (Lipinski definition) is 1. The first-order valence-corrected chi connectivity index (χ1v) is 14.0. The number of piperazine rings is 1.